The minimum Gasteiger partial charge on any atom is -0.326 e. The topological polar surface area (TPSA) is 63.4 Å². The number of hydrogen-bond donors (Lipinski definition) is 1. The molecule has 1 aromatic carbocycles. The van der Waals surface area contributed by atoms with Crippen LogP contribution in [0.2, 0.25) is 5.02 Å². The molecule has 1 aliphatic heterocycles. The number of rotatable bonds is 2. The summed E-state index contributed by atoms with van der Waals surface area (Å²) in [6.07, 6.45) is 0.690. The summed E-state index contributed by atoms with van der Waals surface area (Å²) in [6.45, 7) is 2.30. The Morgan fingerprint density at radius 2 is 2.17 bits per heavy atom. The van der Waals surface area contributed by atoms with Crippen LogP contribution in [0.15, 0.2) is 27.6 Å². The maximum Gasteiger partial charge on any atom is 0.243 e. The van der Waals surface area contributed by atoms with E-state index in [-0.39, 0.29) is 17.0 Å². The maximum absolute atomic E-state index is 12.5. The van der Waals surface area contributed by atoms with Crippen molar-refractivity contribution in [3.05, 3.63) is 27.7 Å². The lowest BCUT2D eigenvalue weighted by atomic mass is 10.2. The normalized spacial score (nSPS) is 25.6. The van der Waals surface area contributed by atoms with Crippen LogP contribution in [0.1, 0.15) is 13.3 Å². The lowest BCUT2D eigenvalue weighted by molar-refractivity contribution is 0.393. The highest BCUT2D eigenvalue weighted by atomic mass is 79.9. The molecule has 18 heavy (non-hydrogen) atoms. The number of hydrogen-bond acceptors (Lipinski definition) is 3. The number of benzene rings is 1. The van der Waals surface area contributed by atoms with E-state index in [0.29, 0.717) is 22.5 Å². The Labute approximate surface area is 120 Å². The fraction of sp³-hybridized carbons (Fsp3) is 0.455. The molecule has 0 aliphatic carbocycles. The highest BCUT2D eigenvalue weighted by Gasteiger charge is 2.37. The van der Waals surface area contributed by atoms with Crippen LogP contribution >= 0.6 is 27.5 Å². The Bertz CT molecular complexity index is 564. The molecule has 0 bridgehead atoms. The van der Waals surface area contributed by atoms with Crippen molar-refractivity contribution in [3.8, 4) is 0 Å². The first-order valence-corrected chi connectivity index (χ1v) is 8.17. The molecule has 4 nitrogen and oxygen atoms in total. The largest absolute Gasteiger partial charge is 0.326 e. The van der Waals surface area contributed by atoms with Gasteiger partial charge in [0.15, 0.2) is 0 Å². The van der Waals surface area contributed by atoms with Crippen LogP contribution in [0.25, 0.3) is 0 Å². The second kappa shape index (κ2) is 5.09. The van der Waals surface area contributed by atoms with Gasteiger partial charge in [-0.2, -0.15) is 4.31 Å². The van der Waals surface area contributed by atoms with E-state index in [4.69, 9.17) is 17.3 Å². The summed E-state index contributed by atoms with van der Waals surface area (Å²) in [7, 11) is -3.50. The molecule has 2 atom stereocenters. The lowest BCUT2D eigenvalue weighted by Gasteiger charge is -2.22. The quantitative estimate of drug-likeness (QED) is 0.886. The van der Waals surface area contributed by atoms with Crippen molar-refractivity contribution in [2.45, 2.75) is 30.3 Å². The Morgan fingerprint density at radius 1 is 1.50 bits per heavy atom. The van der Waals surface area contributed by atoms with Crippen LogP contribution < -0.4 is 5.73 Å². The first-order chi connectivity index (χ1) is 8.34. The first kappa shape index (κ1) is 14.3. The van der Waals surface area contributed by atoms with E-state index < -0.39 is 10.0 Å². The molecule has 1 aromatic rings. The fourth-order valence-electron chi connectivity index (χ4n) is 2.05. The molecule has 0 amide bonds. The molecule has 1 saturated heterocycles. The summed E-state index contributed by atoms with van der Waals surface area (Å²) in [6, 6.07) is 4.33. The van der Waals surface area contributed by atoms with E-state index >= 15 is 0 Å². The standard InChI is InChI=1S/C11H14BrClN2O2S/c1-7-11(14)4-5-15(7)18(16,17)8-2-3-10(13)9(12)6-8/h2-3,6-7,11H,4-5,14H2,1H3. The third-order valence-electron chi connectivity index (χ3n) is 3.25. The van der Waals surface area contributed by atoms with Crippen molar-refractivity contribution in [1.82, 2.24) is 4.31 Å². The average Bonchev–Trinajstić information content (AvgIpc) is 2.64. The summed E-state index contributed by atoms with van der Waals surface area (Å²) < 4.78 is 26.9. The van der Waals surface area contributed by atoms with Gasteiger partial charge in [-0.15, -0.1) is 0 Å². The van der Waals surface area contributed by atoms with E-state index in [0.717, 1.165) is 0 Å². The molecule has 1 fully saturated rings. The van der Waals surface area contributed by atoms with E-state index in [1.54, 1.807) is 6.07 Å². The number of nitrogens with two attached hydrogens (primary N) is 1. The Kier molecular flexibility index (Phi) is 4.04. The predicted octanol–water partition coefficient (Wildman–Crippen LogP) is 2.21. The van der Waals surface area contributed by atoms with E-state index in [9.17, 15) is 8.42 Å². The van der Waals surface area contributed by atoms with Gasteiger partial charge in [-0.3, -0.25) is 0 Å². The molecule has 2 N–H and O–H groups in total. The van der Waals surface area contributed by atoms with Crippen LogP contribution in [-0.2, 0) is 10.0 Å². The van der Waals surface area contributed by atoms with Crippen molar-refractivity contribution in [3.63, 3.8) is 0 Å². The van der Waals surface area contributed by atoms with Gasteiger partial charge in [0, 0.05) is 23.1 Å². The third-order valence-corrected chi connectivity index (χ3v) is 6.45. The van der Waals surface area contributed by atoms with Crippen molar-refractivity contribution in [1.29, 1.82) is 0 Å². The van der Waals surface area contributed by atoms with Gasteiger partial charge in [0.05, 0.1) is 9.92 Å². The van der Waals surface area contributed by atoms with Crippen molar-refractivity contribution >= 4 is 37.6 Å². The van der Waals surface area contributed by atoms with Crippen LogP contribution in [0.3, 0.4) is 0 Å². The molecule has 100 valence electrons. The van der Waals surface area contributed by atoms with Crippen LogP contribution in [-0.4, -0.2) is 31.4 Å². The Hall–Kier alpha value is -0.140. The summed E-state index contributed by atoms with van der Waals surface area (Å²) in [5.41, 5.74) is 5.86. The molecule has 1 aliphatic rings. The molecule has 2 rings (SSSR count). The highest BCUT2D eigenvalue weighted by molar-refractivity contribution is 9.10. The number of halogens is 2. The second-order valence-electron chi connectivity index (χ2n) is 4.38. The predicted molar refractivity (Wildman–Crippen MR) is 75.1 cm³/mol. The monoisotopic (exact) mass is 352 g/mol. The molecule has 1 heterocycles. The molecule has 0 aromatic heterocycles. The molecule has 0 saturated carbocycles. The van der Waals surface area contributed by atoms with Crippen molar-refractivity contribution in [2.24, 2.45) is 5.73 Å². The molecular formula is C11H14BrClN2O2S. The zero-order valence-corrected chi connectivity index (χ0v) is 13.0. The summed E-state index contributed by atoms with van der Waals surface area (Å²) in [5.74, 6) is 0. The van der Waals surface area contributed by atoms with Gasteiger partial charge in [0.1, 0.15) is 0 Å². The third kappa shape index (κ3) is 2.44. The van der Waals surface area contributed by atoms with Gasteiger partial charge in [0.2, 0.25) is 10.0 Å². The van der Waals surface area contributed by atoms with E-state index in [1.165, 1.54) is 16.4 Å². The van der Waals surface area contributed by atoms with E-state index in [1.807, 2.05) is 6.92 Å². The first-order valence-electron chi connectivity index (χ1n) is 5.56. The average molecular weight is 354 g/mol. The smallest absolute Gasteiger partial charge is 0.243 e. The zero-order valence-electron chi connectivity index (χ0n) is 9.81. The van der Waals surface area contributed by atoms with Crippen LogP contribution in [0.4, 0.5) is 0 Å². The molecular weight excluding hydrogens is 340 g/mol. The molecule has 0 radical (unpaired) electrons. The van der Waals surface area contributed by atoms with Gasteiger partial charge in [-0.1, -0.05) is 11.6 Å². The van der Waals surface area contributed by atoms with Crippen molar-refractivity contribution in [2.75, 3.05) is 6.54 Å². The Balaban J connectivity index is 2.39. The maximum atomic E-state index is 12.5. The van der Waals surface area contributed by atoms with Gasteiger partial charge in [-0.25, -0.2) is 8.42 Å². The molecule has 2 unspecified atom stereocenters. The van der Waals surface area contributed by atoms with Gasteiger partial charge in [0.25, 0.3) is 0 Å². The van der Waals surface area contributed by atoms with Gasteiger partial charge >= 0.3 is 0 Å². The minimum atomic E-state index is -3.50. The number of sulfonamides is 1. The SMILES string of the molecule is CC1C(N)CCN1S(=O)(=O)c1ccc(Cl)c(Br)c1. The van der Waals surface area contributed by atoms with Gasteiger partial charge < -0.3 is 5.73 Å². The summed E-state index contributed by atoms with van der Waals surface area (Å²) in [4.78, 5) is 0.236. The van der Waals surface area contributed by atoms with Crippen LogP contribution in [0, 0.1) is 0 Å². The fourth-order valence-corrected chi connectivity index (χ4v) is 4.41. The lowest BCUT2D eigenvalue weighted by Crippen LogP contribution is -2.40. The second-order valence-corrected chi connectivity index (χ2v) is 7.54. The van der Waals surface area contributed by atoms with E-state index in [2.05, 4.69) is 15.9 Å². The molecule has 7 heteroatoms. The molecule has 0 spiro atoms. The highest BCUT2D eigenvalue weighted by Crippen LogP contribution is 2.29. The summed E-state index contributed by atoms with van der Waals surface area (Å²) in [5, 5.41) is 0.486. The Morgan fingerprint density at radius 3 is 2.67 bits per heavy atom. The summed E-state index contributed by atoms with van der Waals surface area (Å²) >= 11 is 9.10. The van der Waals surface area contributed by atoms with Gasteiger partial charge in [-0.05, 0) is 47.5 Å². The van der Waals surface area contributed by atoms with Crippen LogP contribution in [0.5, 0.6) is 0 Å². The minimum absolute atomic E-state index is 0.101. The van der Waals surface area contributed by atoms with Crippen molar-refractivity contribution < 1.29 is 8.42 Å². The number of nitrogens with zero attached hydrogens (tertiary/aromatic N) is 1. The zero-order chi connectivity index (χ0) is 13.5.